The number of sulfonamides is 1. The van der Waals surface area contributed by atoms with Crippen LogP contribution in [0.3, 0.4) is 0 Å². The van der Waals surface area contributed by atoms with Gasteiger partial charge < -0.3 is 5.32 Å². The lowest BCUT2D eigenvalue weighted by molar-refractivity contribution is -0.120. The number of nitrogens with one attached hydrogen (secondary N) is 2. The van der Waals surface area contributed by atoms with Gasteiger partial charge in [0.05, 0.1) is 11.4 Å². The smallest absolute Gasteiger partial charge is 0.241 e. The van der Waals surface area contributed by atoms with Crippen LogP contribution >= 0.6 is 11.3 Å². The first kappa shape index (κ1) is 19.0. The number of hydrogen-bond donors (Lipinski definition) is 2. The summed E-state index contributed by atoms with van der Waals surface area (Å²) < 4.78 is 39.5. The first-order valence-corrected chi connectivity index (χ1v) is 10.8. The van der Waals surface area contributed by atoms with Gasteiger partial charge in [-0.3, -0.25) is 4.79 Å². The van der Waals surface area contributed by atoms with Crippen molar-refractivity contribution in [3.8, 4) is 0 Å². The topological polar surface area (TPSA) is 75.3 Å². The molecular weight excluding hydrogens is 375 g/mol. The van der Waals surface area contributed by atoms with Crippen molar-refractivity contribution < 1.29 is 17.6 Å². The Bertz CT molecular complexity index is 843. The van der Waals surface area contributed by atoms with Crippen LogP contribution in [0.5, 0.6) is 0 Å². The lowest BCUT2D eigenvalue weighted by Crippen LogP contribution is -2.43. The van der Waals surface area contributed by atoms with Gasteiger partial charge in [-0.15, -0.1) is 11.3 Å². The molecule has 5 nitrogen and oxygen atoms in total. The van der Waals surface area contributed by atoms with Crippen LogP contribution in [-0.2, 0) is 20.2 Å². The molecule has 3 rings (SSSR count). The first-order valence-electron chi connectivity index (χ1n) is 8.47. The third-order valence-corrected chi connectivity index (χ3v) is 7.31. The highest BCUT2D eigenvalue weighted by Gasteiger charge is 2.36. The van der Waals surface area contributed by atoms with Crippen LogP contribution in [-0.4, -0.2) is 27.4 Å². The number of amides is 1. The number of carbonyl (C=O) groups is 1. The highest BCUT2D eigenvalue weighted by molar-refractivity contribution is 7.89. The van der Waals surface area contributed by atoms with E-state index in [0.717, 1.165) is 37.8 Å². The zero-order valence-corrected chi connectivity index (χ0v) is 15.8. The molecule has 0 aliphatic heterocycles. The average Bonchev–Trinajstić information content (AvgIpc) is 3.31. The Morgan fingerprint density at radius 2 is 1.85 bits per heavy atom. The summed E-state index contributed by atoms with van der Waals surface area (Å²) in [6.45, 7) is 0.158. The van der Waals surface area contributed by atoms with Crippen molar-refractivity contribution in [2.24, 2.45) is 0 Å². The van der Waals surface area contributed by atoms with E-state index in [1.807, 2.05) is 11.4 Å². The lowest BCUT2D eigenvalue weighted by Gasteiger charge is -2.28. The minimum atomic E-state index is -3.84. The maximum absolute atomic E-state index is 12.9. The van der Waals surface area contributed by atoms with Gasteiger partial charge in [-0.1, -0.05) is 18.9 Å². The second-order valence-corrected chi connectivity index (χ2v) is 9.23. The molecule has 1 saturated carbocycles. The van der Waals surface area contributed by atoms with E-state index in [0.29, 0.717) is 6.54 Å². The molecule has 1 aromatic carbocycles. The van der Waals surface area contributed by atoms with Gasteiger partial charge in [0.2, 0.25) is 15.9 Å². The molecule has 0 spiro atoms. The third kappa shape index (κ3) is 4.31. The van der Waals surface area contributed by atoms with Crippen molar-refractivity contribution in [2.45, 2.75) is 36.0 Å². The molecule has 0 unspecified atom stereocenters. The van der Waals surface area contributed by atoms with Crippen molar-refractivity contribution >= 4 is 27.3 Å². The Morgan fingerprint density at radius 3 is 2.46 bits per heavy atom. The van der Waals surface area contributed by atoms with Crippen LogP contribution in [0.2, 0.25) is 0 Å². The number of carbonyl (C=O) groups excluding carboxylic acids is 1. The van der Waals surface area contributed by atoms with Gasteiger partial charge in [0.1, 0.15) is 5.82 Å². The van der Waals surface area contributed by atoms with Crippen LogP contribution in [0.25, 0.3) is 0 Å². The summed E-state index contributed by atoms with van der Waals surface area (Å²) in [5.74, 6) is -0.893. The van der Waals surface area contributed by atoms with E-state index in [-0.39, 0.29) is 22.8 Å². The Balaban J connectivity index is 1.56. The zero-order chi connectivity index (χ0) is 18.6. The van der Waals surface area contributed by atoms with Crippen LogP contribution in [0, 0.1) is 5.82 Å². The minimum absolute atomic E-state index is 0.0420. The van der Waals surface area contributed by atoms with E-state index in [1.54, 1.807) is 11.3 Å². The average molecular weight is 397 g/mol. The molecule has 1 fully saturated rings. The predicted octanol–water partition coefficient (Wildman–Crippen LogP) is 2.79. The fraction of sp³-hybridized carbons (Fsp3) is 0.389. The number of hydrogen-bond acceptors (Lipinski definition) is 4. The van der Waals surface area contributed by atoms with E-state index in [4.69, 9.17) is 0 Å². The van der Waals surface area contributed by atoms with Crippen molar-refractivity contribution in [2.75, 3.05) is 13.1 Å². The van der Waals surface area contributed by atoms with E-state index in [1.165, 1.54) is 17.0 Å². The SMILES string of the molecule is O=C(CNS(=O)(=O)c1ccc(F)cc1)NCC1(c2cccs2)CCCC1. The molecule has 0 atom stereocenters. The Hall–Kier alpha value is -1.77. The molecule has 1 aliphatic carbocycles. The Kier molecular flexibility index (Phi) is 5.74. The Morgan fingerprint density at radius 1 is 1.15 bits per heavy atom. The van der Waals surface area contributed by atoms with Crippen LogP contribution in [0.1, 0.15) is 30.6 Å². The molecule has 0 radical (unpaired) electrons. The van der Waals surface area contributed by atoms with Gasteiger partial charge in [0.25, 0.3) is 0 Å². The highest BCUT2D eigenvalue weighted by atomic mass is 32.2. The fourth-order valence-electron chi connectivity index (χ4n) is 3.33. The van der Waals surface area contributed by atoms with Crippen molar-refractivity contribution in [1.82, 2.24) is 10.0 Å². The van der Waals surface area contributed by atoms with E-state index >= 15 is 0 Å². The molecule has 1 aromatic heterocycles. The minimum Gasteiger partial charge on any atom is -0.354 e. The standard InChI is InChI=1S/C18H21FN2O3S2/c19-14-5-7-15(8-6-14)26(23,24)21-12-17(22)20-13-18(9-1-2-10-18)16-4-3-11-25-16/h3-8,11,21H,1-2,9-10,12-13H2,(H,20,22). The molecule has 1 heterocycles. The fourth-order valence-corrected chi connectivity index (χ4v) is 5.30. The molecule has 2 aromatic rings. The maximum Gasteiger partial charge on any atom is 0.241 e. The summed E-state index contributed by atoms with van der Waals surface area (Å²) >= 11 is 1.69. The van der Waals surface area contributed by atoms with Gasteiger partial charge >= 0.3 is 0 Å². The van der Waals surface area contributed by atoms with Crippen LogP contribution in [0.4, 0.5) is 4.39 Å². The lowest BCUT2D eigenvalue weighted by atomic mass is 9.84. The first-order chi connectivity index (χ1) is 12.4. The van der Waals surface area contributed by atoms with Gasteiger partial charge in [0.15, 0.2) is 0 Å². The molecule has 2 N–H and O–H groups in total. The summed E-state index contributed by atoms with van der Waals surface area (Å²) in [6, 6.07) is 8.58. The van der Waals surface area contributed by atoms with E-state index < -0.39 is 15.8 Å². The monoisotopic (exact) mass is 396 g/mol. The number of halogens is 1. The predicted molar refractivity (Wildman–Crippen MR) is 99.1 cm³/mol. The van der Waals surface area contributed by atoms with Crippen LogP contribution in [0.15, 0.2) is 46.7 Å². The summed E-state index contributed by atoms with van der Waals surface area (Å²) in [6.07, 6.45) is 4.31. The van der Waals surface area contributed by atoms with Gasteiger partial charge in [-0.2, -0.15) is 0 Å². The largest absolute Gasteiger partial charge is 0.354 e. The molecule has 1 aliphatic rings. The van der Waals surface area contributed by atoms with Gasteiger partial charge in [0, 0.05) is 16.8 Å². The molecule has 0 bridgehead atoms. The van der Waals surface area contributed by atoms with Crippen molar-refractivity contribution in [1.29, 1.82) is 0 Å². The normalized spacial score (nSPS) is 16.5. The summed E-state index contributed by atoms with van der Waals surface area (Å²) in [4.78, 5) is 13.3. The van der Waals surface area contributed by atoms with E-state index in [2.05, 4.69) is 16.1 Å². The summed E-state index contributed by atoms with van der Waals surface area (Å²) in [7, 11) is -3.84. The molecule has 8 heteroatoms. The van der Waals surface area contributed by atoms with Crippen molar-refractivity contribution in [3.05, 3.63) is 52.5 Å². The van der Waals surface area contributed by atoms with Gasteiger partial charge in [-0.25, -0.2) is 17.5 Å². The maximum atomic E-state index is 12.9. The quantitative estimate of drug-likeness (QED) is 0.756. The zero-order valence-electron chi connectivity index (χ0n) is 14.2. The molecular formula is C18H21FN2O3S2. The molecule has 1 amide bonds. The second kappa shape index (κ2) is 7.85. The van der Waals surface area contributed by atoms with Crippen molar-refractivity contribution in [3.63, 3.8) is 0 Å². The summed E-state index contributed by atoms with van der Waals surface area (Å²) in [5, 5.41) is 4.90. The highest BCUT2D eigenvalue weighted by Crippen LogP contribution is 2.42. The van der Waals surface area contributed by atoms with E-state index in [9.17, 15) is 17.6 Å². The molecule has 0 saturated heterocycles. The third-order valence-electron chi connectivity index (χ3n) is 4.78. The second-order valence-electron chi connectivity index (χ2n) is 6.52. The Labute approximate surface area is 156 Å². The molecule has 26 heavy (non-hydrogen) atoms. The van der Waals surface area contributed by atoms with Crippen LogP contribution < -0.4 is 10.0 Å². The number of benzene rings is 1. The van der Waals surface area contributed by atoms with Gasteiger partial charge in [-0.05, 0) is 48.6 Å². The number of rotatable bonds is 7. The number of thiophene rings is 1. The summed E-state index contributed by atoms with van der Waals surface area (Å²) in [5.41, 5.74) is -0.0420. The molecule has 140 valence electrons.